The number of methoxy groups -OCH3 is 1. The first-order valence-electron chi connectivity index (χ1n) is 6.91. The zero-order valence-corrected chi connectivity index (χ0v) is 13.2. The maximum absolute atomic E-state index is 5.96. The first-order chi connectivity index (χ1) is 9.81. The van der Waals surface area contributed by atoms with Crippen molar-refractivity contribution in [2.45, 2.75) is 33.1 Å². The summed E-state index contributed by atoms with van der Waals surface area (Å²) in [5, 5.41) is 0. The Morgan fingerprint density at radius 3 is 2.43 bits per heavy atom. The van der Waals surface area contributed by atoms with Gasteiger partial charge in [0.2, 0.25) is 5.88 Å². The van der Waals surface area contributed by atoms with E-state index in [2.05, 4.69) is 25.8 Å². The van der Waals surface area contributed by atoms with Crippen molar-refractivity contribution in [2.24, 2.45) is 0 Å². The Morgan fingerprint density at radius 2 is 1.81 bits per heavy atom. The number of hydrogen-bond acceptors (Lipinski definition) is 4. The van der Waals surface area contributed by atoms with Crippen LogP contribution in [0.2, 0.25) is 0 Å². The molecular weight excluding hydrogens is 264 g/mol. The maximum atomic E-state index is 5.96. The number of aromatic nitrogens is 1. The highest BCUT2D eigenvalue weighted by Gasteiger charge is 2.21. The van der Waals surface area contributed by atoms with Crippen molar-refractivity contribution in [1.29, 1.82) is 0 Å². The Balaban J connectivity index is 2.46. The highest BCUT2D eigenvalue weighted by atomic mass is 16.5. The molecule has 0 unspecified atom stereocenters. The van der Waals surface area contributed by atoms with Gasteiger partial charge in [-0.2, -0.15) is 0 Å². The van der Waals surface area contributed by atoms with Gasteiger partial charge in [0.15, 0.2) is 0 Å². The Labute approximate surface area is 125 Å². The van der Waals surface area contributed by atoms with Gasteiger partial charge in [0.05, 0.1) is 12.8 Å². The van der Waals surface area contributed by atoms with Gasteiger partial charge in [0.1, 0.15) is 11.5 Å². The number of aryl methyl sites for hydroxylation is 1. The monoisotopic (exact) mass is 286 g/mol. The van der Waals surface area contributed by atoms with E-state index >= 15 is 0 Å². The highest BCUT2D eigenvalue weighted by Crippen LogP contribution is 2.37. The summed E-state index contributed by atoms with van der Waals surface area (Å²) in [5.74, 6) is 1.98. The van der Waals surface area contributed by atoms with Crippen molar-refractivity contribution in [3.05, 3.63) is 41.6 Å². The summed E-state index contributed by atoms with van der Waals surface area (Å²) >= 11 is 0. The summed E-state index contributed by atoms with van der Waals surface area (Å²) in [6, 6.07) is 9.42. The van der Waals surface area contributed by atoms with E-state index in [1.54, 1.807) is 13.2 Å². The first kappa shape index (κ1) is 15.2. The van der Waals surface area contributed by atoms with Gasteiger partial charge in [-0.15, -0.1) is 0 Å². The molecule has 1 aromatic carbocycles. The van der Waals surface area contributed by atoms with Gasteiger partial charge >= 0.3 is 0 Å². The minimum atomic E-state index is -0.0809. The van der Waals surface area contributed by atoms with Crippen molar-refractivity contribution < 1.29 is 9.47 Å². The molecule has 0 aliphatic heterocycles. The average Bonchev–Trinajstić information content (AvgIpc) is 2.42. The fraction of sp³-hybridized carbons (Fsp3) is 0.353. The van der Waals surface area contributed by atoms with Gasteiger partial charge in [-0.3, -0.25) is 0 Å². The molecule has 21 heavy (non-hydrogen) atoms. The maximum Gasteiger partial charge on any atom is 0.242 e. The fourth-order valence-electron chi connectivity index (χ4n) is 2.04. The summed E-state index contributed by atoms with van der Waals surface area (Å²) in [6.07, 6.45) is 0. The van der Waals surface area contributed by atoms with E-state index in [0.29, 0.717) is 11.6 Å². The lowest BCUT2D eigenvalue weighted by Gasteiger charge is -2.23. The summed E-state index contributed by atoms with van der Waals surface area (Å²) in [4.78, 5) is 4.36. The highest BCUT2D eigenvalue weighted by molar-refractivity contribution is 5.52. The van der Waals surface area contributed by atoms with Crippen LogP contribution in [0.15, 0.2) is 30.3 Å². The van der Waals surface area contributed by atoms with Crippen LogP contribution < -0.4 is 15.2 Å². The molecule has 0 fully saturated rings. The molecule has 0 saturated carbocycles. The van der Waals surface area contributed by atoms with Gasteiger partial charge in [-0.25, -0.2) is 4.98 Å². The van der Waals surface area contributed by atoms with Crippen LogP contribution >= 0.6 is 0 Å². The normalized spacial score (nSPS) is 11.3. The van der Waals surface area contributed by atoms with Crippen LogP contribution in [-0.4, -0.2) is 12.1 Å². The van der Waals surface area contributed by atoms with Gasteiger partial charge < -0.3 is 15.2 Å². The Hall–Kier alpha value is -2.23. The number of nitrogens with zero attached hydrogens (tertiary/aromatic N) is 1. The van der Waals surface area contributed by atoms with E-state index in [9.17, 15) is 0 Å². The predicted molar refractivity (Wildman–Crippen MR) is 85.2 cm³/mol. The molecule has 2 aromatic rings. The van der Waals surface area contributed by atoms with Crippen molar-refractivity contribution in [1.82, 2.24) is 4.98 Å². The predicted octanol–water partition coefficient (Wildman–Crippen LogP) is 4.07. The van der Waals surface area contributed by atoms with Crippen LogP contribution in [0, 0.1) is 6.92 Å². The number of rotatable bonds is 3. The molecule has 0 radical (unpaired) electrons. The molecule has 1 aromatic heterocycles. The van der Waals surface area contributed by atoms with E-state index in [1.807, 2.05) is 31.2 Å². The number of pyridine rings is 1. The second-order valence-electron chi connectivity index (χ2n) is 6.06. The number of hydrogen-bond donors (Lipinski definition) is 1. The molecular formula is C17H22N2O2. The first-order valence-corrected chi connectivity index (χ1v) is 6.91. The number of ether oxygens (including phenoxy) is 2. The molecule has 0 amide bonds. The lowest BCUT2D eigenvalue weighted by atomic mass is 9.86. The number of benzene rings is 1. The Bertz CT molecular complexity index is 646. The molecule has 0 bridgehead atoms. The molecule has 0 atom stereocenters. The van der Waals surface area contributed by atoms with E-state index in [1.165, 1.54) is 0 Å². The smallest absolute Gasteiger partial charge is 0.242 e. The van der Waals surface area contributed by atoms with Gasteiger partial charge in [-0.05, 0) is 42.7 Å². The largest absolute Gasteiger partial charge is 0.497 e. The van der Waals surface area contributed by atoms with Crippen LogP contribution in [0.1, 0.15) is 32.0 Å². The Morgan fingerprint density at radius 1 is 1.10 bits per heavy atom. The second kappa shape index (κ2) is 5.64. The standard InChI is InChI=1S/C17H22N2O2/c1-11-6-8-14(18)16(19-11)21-15-9-7-12(20-5)10-13(15)17(2,3)4/h6-10H,18H2,1-5H3. The van der Waals surface area contributed by atoms with Crippen molar-refractivity contribution in [2.75, 3.05) is 12.8 Å². The third-order valence-corrected chi connectivity index (χ3v) is 3.23. The molecule has 2 N–H and O–H groups in total. The lowest BCUT2D eigenvalue weighted by Crippen LogP contribution is -2.13. The van der Waals surface area contributed by atoms with Crippen LogP contribution in [0.4, 0.5) is 5.69 Å². The minimum absolute atomic E-state index is 0.0809. The summed E-state index contributed by atoms with van der Waals surface area (Å²) in [6.45, 7) is 8.29. The number of nitrogens with two attached hydrogens (primary N) is 1. The quantitative estimate of drug-likeness (QED) is 0.924. The zero-order chi connectivity index (χ0) is 15.6. The van der Waals surface area contributed by atoms with E-state index < -0.39 is 0 Å². The molecule has 0 aliphatic rings. The number of anilines is 1. The fourth-order valence-corrected chi connectivity index (χ4v) is 2.04. The minimum Gasteiger partial charge on any atom is -0.497 e. The topological polar surface area (TPSA) is 57.4 Å². The van der Waals surface area contributed by atoms with E-state index in [4.69, 9.17) is 15.2 Å². The summed E-state index contributed by atoms with van der Waals surface area (Å²) in [7, 11) is 1.66. The average molecular weight is 286 g/mol. The molecule has 2 rings (SSSR count). The van der Waals surface area contributed by atoms with E-state index in [0.717, 1.165) is 22.8 Å². The van der Waals surface area contributed by atoms with Crippen LogP contribution in [0.5, 0.6) is 17.4 Å². The molecule has 0 saturated heterocycles. The molecule has 1 heterocycles. The third-order valence-electron chi connectivity index (χ3n) is 3.23. The molecule has 0 aliphatic carbocycles. The van der Waals surface area contributed by atoms with Gasteiger partial charge in [0, 0.05) is 11.3 Å². The van der Waals surface area contributed by atoms with Gasteiger partial charge in [0.25, 0.3) is 0 Å². The number of nitrogen functional groups attached to an aromatic ring is 1. The SMILES string of the molecule is COc1ccc(Oc2nc(C)ccc2N)c(C(C)(C)C)c1. The summed E-state index contributed by atoms with van der Waals surface area (Å²) < 4.78 is 11.3. The molecule has 4 heteroatoms. The summed E-state index contributed by atoms with van der Waals surface area (Å²) in [5.41, 5.74) is 8.30. The van der Waals surface area contributed by atoms with Gasteiger partial charge in [-0.1, -0.05) is 20.8 Å². The Kier molecular flexibility index (Phi) is 4.07. The molecule has 112 valence electrons. The second-order valence-corrected chi connectivity index (χ2v) is 6.06. The zero-order valence-electron chi connectivity index (χ0n) is 13.2. The third kappa shape index (κ3) is 3.45. The van der Waals surface area contributed by atoms with Crippen molar-refractivity contribution in [3.63, 3.8) is 0 Å². The molecule has 0 spiro atoms. The van der Waals surface area contributed by atoms with Crippen LogP contribution in [0.3, 0.4) is 0 Å². The van der Waals surface area contributed by atoms with Crippen molar-refractivity contribution in [3.8, 4) is 17.4 Å². The van der Waals surface area contributed by atoms with Crippen LogP contribution in [0.25, 0.3) is 0 Å². The van der Waals surface area contributed by atoms with Crippen molar-refractivity contribution >= 4 is 5.69 Å². The van der Waals surface area contributed by atoms with E-state index in [-0.39, 0.29) is 5.41 Å². The molecule has 4 nitrogen and oxygen atoms in total. The lowest BCUT2D eigenvalue weighted by molar-refractivity contribution is 0.405. The van der Waals surface area contributed by atoms with Crippen LogP contribution in [-0.2, 0) is 5.41 Å².